The maximum atomic E-state index is 12.6. The molecule has 0 unspecified atom stereocenters. The summed E-state index contributed by atoms with van der Waals surface area (Å²) in [5, 5.41) is 7.39. The van der Waals surface area contributed by atoms with Gasteiger partial charge in [0.15, 0.2) is 0 Å². The van der Waals surface area contributed by atoms with Gasteiger partial charge in [0.2, 0.25) is 10.0 Å². The van der Waals surface area contributed by atoms with E-state index in [-0.39, 0.29) is 23.3 Å². The van der Waals surface area contributed by atoms with E-state index in [1.54, 1.807) is 6.07 Å². The van der Waals surface area contributed by atoms with E-state index in [0.29, 0.717) is 0 Å². The SMILES string of the molecule is N=C(N)CN(C1CCCC1)S(=O)(=O)c1cccnc1. The van der Waals surface area contributed by atoms with Gasteiger partial charge in [0.1, 0.15) is 10.7 Å². The summed E-state index contributed by atoms with van der Waals surface area (Å²) < 4.78 is 26.5. The Bertz CT molecular complexity index is 538. The van der Waals surface area contributed by atoms with E-state index in [9.17, 15) is 8.42 Å². The summed E-state index contributed by atoms with van der Waals surface area (Å²) in [5.74, 6) is -0.139. The van der Waals surface area contributed by atoms with Crippen LogP contribution in [0.5, 0.6) is 0 Å². The predicted molar refractivity (Wildman–Crippen MR) is 72.3 cm³/mol. The first kappa shape index (κ1) is 14.0. The minimum absolute atomic E-state index is 0.0537. The van der Waals surface area contributed by atoms with Gasteiger partial charge in [-0.15, -0.1) is 0 Å². The molecule has 19 heavy (non-hydrogen) atoms. The van der Waals surface area contributed by atoms with Gasteiger partial charge < -0.3 is 5.73 Å². The second-order valence-electron chi connectivity index (χ2n) is 4.70. The standard InChI is InChI=1S/C12H18N4O2S/c13-12(14)9-16(10-4-1-2-5-10)19(17,18)11-6-3-7-15-8-11/h3,6-8,10H,1-2,4-5,9H2,(H3,13,14). The molecule has 0 atom stereocenters. The van der Waals surface area contributed by atoms with Crippen molar-refractivity contribution < 1.29 is 8.42 Å². The minimum Gasteiger partial charge on any atom is -0.387 e. The van der Waals surface area contributed by atoms with Crippen LogP contribution in [-0.2, 0) is 10.0 Å². The van der Waals surface area contributed by atoms with Crippen LogP contribution in [0.1, 0.15) is 25.7 Å². The molecule has 0 bridgehead atoms. The van der Waals surface area contributed by atoms with Crippen LogP contribution in [0.2, 0.25) is 0 Å². The summed E-state index contributed by atoms with van der Waals surface area (Å²) in [6.45, 7) is -0.0537. The van der Waals surface area contributed by atoms with Gasteiger partial charge in [-0.2, -0.15) is 4.31 Å². The molecule has 7 heteroatoms. The van der Waals surface area contributed by atoms with Crippen LogP contribution < -0.4 is 5.73 Å². The van der Waals surface area contributed by atoms with Gasteiger partial charge in [0.25, 0.3) is 0 Å². The van der Waals surface area contributed by atoms with Crippen molar-refractivity contribution in [2.45, 2.75) is 36.6 Å². The molecular weight excluding hydrogens is 264 g/mol. The van der Waals surface area contributed by atoms with Gasteiger partial charge in [-0.25, -0.2) is 8.42 Å². The molecule has 1 saturated carbocycles. The molecule has 6 nitrogen and oxygen atoms in total. The van der Waals surface area contributed by atoms with Crippen LogP contribution in [-0.4, -0.2) is 36.1 Å². The number of pyridine rings is 1. The average molecular weight is 282 g/mol. The highest BCUT2D eigenvalue weighted by atomic mass is 32.2. The monoisotopic (exact) mass is 282 g/mol. The first-order valence-corrected chi connectivity index (χ1v) is 7.70. The topological polar surface area (TPSA) is 100 Å². The van der Waals surface area contributed by atoms with E-state index in [2.05, 4.69) is 4.98 Å². The number of aromatic nitrogens is 1. The summed E-state index contributed by atoms with van der Waals surface area (Å²) in [5.41, 5.74) is 5.40. The molecule has 0 amide bonds. The van der Waals surface area contributed by atoms with Crippen LogP contribution in [0, 0.1) is 5.41 Å². The first-order valence-electron chi connectivity index (χ1n) is 6.26. The number of amidine groups is 1. The highest BCUT2D eigenvalue weighted by Crippen LogP contribution is 2.28. The normalized spacial score (nSPS) is 16.9. The average Bonchev–Trinajstić information content (AvgIpc) is 2.90. The van der Waals surface area contributed by atoms with Gasteiger partial charge >= 0.3 is 0 Å². The van der Waals surface area contributed by atoms with Crippen molar-refractivity contribution in [2.24, 2.45) is 5.73 Å². The third-order valence-corrected chi connectivity index (χ3v) is 5.18. The smallest absolute Gasteiger partial charge is 0.245 e. The number of nitrogens with two attached hydrogens (primary N) is 1. The van der Waals surface area contributed by atoms with Crippen LogP contribution >= 0.6 is 0 Å². The molecular formula is C12H18N4O2S. The molecule has 1 aliphatic carbocycles. The molecule has 1 aromatic heterocycles. The van der Waals surface area contributed by atoms with Crippen LogP contribution in [0.15, 0.2) is 29.4 Å². The first-order chi connectivity index (χ1) is 9.01. The molecule has 3 N–H and O–H groups in total. The zero-order valence-corrected chi connectivity index (χ0v) is 11.4. The molecule has 1 heterocycles. The number of nitrogens with zero attached hydrogens (tertiary/aromatic N) is 2. The van der Waals surface area contributed by atoms with Crippen LogP contribution in [0.3, 0.4) is 0 Å². The van der Waals surface area contributed by atoms with Gasteiger partial charge in [0, 0.05) is 18.4 Å². The van der Waals surface area contributed by atoms with Crippen molar-refractivity contribution in [3.63, 3.8) is 0 Å². The highest BCUT2D eigenvalue weighted by Gasteiger charge is 2.33. The Hall–Kier alpha value is -1.47. The lowest BCUT2D eigenvalue weighted by Gasteiger charge is -2.27. The molecule has 0 radical (unpaired) electrons. The van der Waals surface area contributed by atoms with Crippen LogP contribution in [0.25, 0.3) is 0 Å². The van der Waals surface area contributed by atoms with E-state index in [1.165, 1.54) is 22.8 Å². The van der Waals surface area contributed by atoms with E-state index < -0.39 is 10.0 Å². The van der Waals surface area contributed by atoms with E-state index in [0.717, 1.165) is 25.7 Å². The van der Waals surface area contributed by atoms with Crippen molar-refractivity contribution in [3.8, 4) is 0 Å². The summed E-state index contributed by atoms with van der Waals surface area (Å²) in [6.07, 6.45) is 6.55. The fraction of sp³-hybridized carbons (Fsp3) is 0.500. The molecule has 1 fully saturated rings. The quantitative estimate of drug-likeness (QED) is 0.620. The van der Waals surface area contributed by atoms with Crippen molar-refractivity contribution in [1.29, 1.82) is 5.41 Å². The Morgan fingerprint density at radius 2 is 2.16 bits per heavy atom. The maximum absolute atomic E-state index is 12.6. The Morgan fingerprint density at radius 1 is 1.47 bits per heavy atom. The fourth-order valence-corrected chi connectivity index (χ4v) is 4.03. The van der Waals surface area contributed by atoms with Crippen molar-refractivity contribution in [1.82, 2.24) is 9.29 Å². The number of hydrogen-bond donors (Lipinski definition) is 2. The minimum atomic E-state index is -3.63. The third-order valence-electron chi connectivity index (χ3n) is 3.30. The molecule has 0 saturated heterocycles. The molecule has 2 rings (SSSR count). The molecule has 104 valence electrons. The zero-order valence-electron chi connectivity index (χ0n) is 10.6. The zero-order chi connectivity index (χ0) is 13.9. The second-order valence-corrected chi connectivity index (χ2v) is 6.59. The van der Waals surface area contributed by atoms with E-state index >= 15 is 0 Å². The highest BCUT2D eigenvalue weighted by molar-refractivity contribution is 7.89. The lowest BCUT2D eigenvalue weighted by molar-refractivity contribution is 0.353. The lowest BCUT2D eigenvalue weighted by Crippen LogP contribution is -2.43. The Morgan fingerprint density at radius 3 is 2.68 bits per heavy atom. The lowest BCUT2D eigenvalue weighted by atomic mass is 10.2. The number of rotatable bonds is 5. The largest absolute Gasteiger partial charge is 0.387 e. The Kier molecular flexibility index (Phi) is 4.16. The third kappa shape index (κ3) is 3.10. The molecule has 1 aliphatic rings. The summed E-state index contributed by atoms with van der Waals surface area (Å²) in [6, 6.07) is 3.05. The molecule has 0 aromatic carbocycles. The number of hydrogen-bond acceptors (Lipinski definition) is 4. The Labute approximate surface area is 113 Å². The van der Waals surface area contributed by atoms with Gasteiger partial charge in [0.05, 0.1) is 6.54 Å². The Balaban J connectivity index is 2.34. The maximum Gasteiger partial charge on any atom is 0.245 e. The van der Waals surface area contributed by atoms with Crippen molar-refractivity contribution in [3.05, 3.63) is 24.5 Å². The van der Waals surface area contributed by atoms with E-state index in [1.807, 2.05) is 0 Å². The van der Waals surface area contributed by atoms with Crippen molar-refractivity contribution in [2.75, 3.05) is 6.54 Å². The van der Waals surface area contributed by atoms with Gasteiger partial charge in [-0.1, -0.05) is 12.8 Å². The number of nitrogens with one attached hydrogen (secondary N) is 1. The summed E-state index contributed by atoms with van der Waals surface area (Å²) >= 11 is 0. The predicted octanol–water partition coefficient (Wildman–Crippen LogP) is 0.951. The van der Waals surface area contributed by atoms with Crippen LogP contribution in [0.4, 0.5) is 0 Å². The summed E-state index contributed by atoms with van der Waals surface area (Å²) in [4.78, 5) is 4.00. The van der Waals surface area contributed by atoms with Crippen molar-refractivity contribution >= 4 is 15.9 Å². The second kappa shape index (κ2) is 5.66. The fourth-order valence-electron chi connectivity index (χ4n) is 2.41. The van der Waals surface area contributed by atoms with Gasteiger partial charge in [-0.05, 0) is 25.0 Å². The summed E-state index contributed by atoms with van der Waals surface area (Å²) in [7, 11) is -3.63. The van der Waals surface area contributed by atoms with Gasteiger partial charge in [-0.3, -0.25) is 10.4 Å². The molecule has 0 aliphatic heterocycles. The molecule has 1 aromatic rings. The van der Waals surface area contributed by atoms with E-state index in [4.69, 9.17) is 11.1 Å². The molecule has 0 spiro atoms. The number of sulfonamides is 1.